The Hall–Kier alpha value is -1.89. The molecule has 1 rings (SSSR count). The minimum Gasteiger partial charge on any atom is -0.461 e. The summed E-state index contributed by atoms with van der Waals surface area (Å²) < 4.78 is 6.44. The number of hydrogen-bond donors (Lipinski definition) is 2. The number of esters is 1. The lowest BCUT2D eigenvalue weighted by Gasteiger charge is -2.01. The van der Waals surface area contributed by atoms with E-state index in [1.165, 1.54) is 6.07 Å². The average molecular weight is 255 g/mol. The lowest BCUT2D eigenvalue weighted by molar-refractivity contribution is -0.111. The highest BCUT2D eigenvalue weighted by Crippen LogP contribution is 2.13. The number of nitrogens with two attached hydrogens (primary N) is 1. The van der Waals surface area contributed by atoms with Crippen LogP contribution < -0.4 is 11.1 Å². The molecule has 92 valence electrons. The summed E-state index contributed by atoms with van der Waals surface area (Å²) in [5.74, 6) is -1.16. The first-order chi connectivity index (χ1) is 7.95. The van der Waals surface area contributed by atoms with Gasteiger partial charge in [-0.25, -0.2) is 4.79 Å². The van der Waals surface area contributed by atoms with Gasteiger partial charge in [-0.1, -0.05) is 12.2 Å². The molecular formula is C10H13N3O3S. The van der Waals surface area contributed by atoms with E-state index in [1.807, 2.05) is 0 Å². The molecule has 0 aliphatic carbocycles. The summed E-state index contributed by atoms with van der Waals surface area (Å²) in [6, 6.07) is 1.53. The van der Waals surface area contributed by atoms with E-state index in [9.17, 15) is 9.59 Å². The Balaban J connectivity index is 2.85. The lowest BCUT2D eigenvalue weighted by Crippen LogP contribution is -2.27. The molecule has 7 heteroatoms. The predicted octanol–water partition coefficient (Wildman–Crippen LogP) is 0.426. The van der Waals surface area contributed by atoms with Crippen LogP contribution in [-0.4, -0.2) is 28.0 Å². The van der Waals surface area contributed by atoms with Crippen LogP contribution in [0.4, 0.5) is 5.69 Å². The summed E-state index contributed by atoms with van der Waals surface area (Å²) in [5.41, 5.74) is 5.87. The number of primary amides is 1. The molecule has 0 aliphatic rings. The number of amides is 1. The Bertz CT molecular complexity index is 467. The maximum absolute atomic E-state index is 11.5. The van der Waals surface area contributed by atoms with Gasteiger partial charge in [0.2, 0.25) is 0 Å². The minimum absolute atomic E-state index is 0.106. The van der Waals surface area contributed by atoms with Crippen LogP contribution >= 0.6 is 12.2 Å². The smallest absolute Gasteiger partial charge is 0.355 e. The van der Waals surface area contributed by atoms with Crippen LogP contribution in [0.5, 0.6) is 0 Å². The molecule has 0 bridgehead atoms. The fourth-order valence-electron chi connectivity index (χ4n) is 1.23. The second-order valence-electron chi connectivity index (χ2n) is 3.26. The summed E-state index contributed by atoms with van der Waals surface area (Å²) in [5, 5.41) is 2.63. The van der Waals surface area contributed by atoms with Crippen molar-refractivity contribution in [1.29, 1.82) is 0 Å². The van der Waals surface area contributed by atoms with E-state index in [2.05, 4.69) is 5.32 Å². The minimum atomic E-state index is -0.721. The first-order valence-corrected chi connectivity index (χ1v) is 5.30. The van der Waals surface area contributed by atoms with Gasteiger partial charge in [-0.3, -0.25) is 4.79 Å². The number of rotatable bonds is 3. The number of hydrogen-bond acceptors (Lipinski definition) is 4. The fourth-order valence-corrected chi connectivity index (χ4v) is 1.35. The van der Waals surface area contributed by atoms with Crippen molar-refractivity contribution in [3.8, 4) is 0 Å². The van der Waals surface area contributed by atoms with Crippen LogP contribution in [-0.2, 0) is 16.6 Å². The molecule has 0 aliphatic heterocycles. The molecule has 0 atom stereocenters. The second-order valence-corrected chi connectivity index (χ2v) is 3.67. The van der Waals surface area contributed by atoms with E-state index in [1.54, 1.807) is 24.7 Å². The van der Waals surface area contributed by atoms with Gasteiger partial charge in [-0.15, -0.1) is 0 Å². The second kappa shape index (κ2) is 5.44. The van der Waals surface area contributed by atoms with Crippen molar-refractivity contribution in [2.75, 3.05) is 11.9 Å². The number of thiocarbonyl (C=S) groups is 1. The maximum Gasteiger partial charge on any atom is 0.355 e. The third kappa shape index (κ3) is 3.28. The van der Waals surface area contributed by atoms with Crippen molar-refractivity contribution in [2.24, 2.45) is 12.8 Å². The summed E-state index contributed by atoms with van der Waals surface area (Å²) >= 11 is 4.72. The van der Waals surface area contributed by atoms with E-state index in [0.717, 1.165) is 0 Å². The lowest BCUT2D eigenvalue weighted by atomic mass is 10.4. The van der Waals surface area contributed by atoms with Gasteiger partial charge in [0, 0.05) is 13.2 Å². The van der Waals surface area contributed by atoms with Gasteiger partial charge in [-0.2, -0.15) is 0 Å². The molecule has 1 heterocycles. The predicted molar refractivity (Wildman–Crippen MR) is 66.8 cm³/mol. The van der Waals surface area contributed by atoms with Gasteiger partial charge in [0.1, 0.15) is 5.69 Å². The standard InChI is InChI=1S/C10H13N3O3S/c1-3-16-10(15)7-4-6(5-13(7)2)12-9(17)8(11)14/h4-5H,3H2,1-2H3,(H2,11,14)(H,12,17). The Morgan fingerprint density at radius 1 is 1.59 bits per heavy atom. The molecular weight excluding hydrogens is 242 g/mol. The van der Waals surface area contributed by atoms with Crippen molar-refractivity contribution in [2.45, 2.75) is 6.92 Å². The average Bonchev–Trinajstić information content (AvgIpc) is 2.59. The monoisotopic (exact) mass is 255 g/mol. The van der Waals surface area contributed by atoms with Crippen molar-refractivity contribution in [1.82, 2.24) is 4.57 Å². The van der Waals surface area contributed by atoms with Gasteiger partial charge in [0.05, 0.1) is 12.3 Å². The summed E-state index contributed by atoms with van der Waals surface area (Å²) in [7, 11) is 1.69. The largest absolute Gasteiger partial charge is 0.461 e. The topological polar surface area (TPSA) is 86.3 Å². The van der Waals surface area contributed by atoms with Gasteiger partial charge in [0.15, 0.2) is 4.99 Å². The summed E-state index contributed by atoms with van der Waals surface area (Å²) in [6.45, 7) is 2.02. The molecule has 0 spiro atoms. The molecule has 1 aromatic heterocycles. The highest BCUT2D eigenvalue weighted by atomic mass is 32.1. The molecule has 0 saturated carbocycles. The number of nitrogens with one attached hydrogen (secondary N) is 1. The van der Waals surface area contributed by atoms with E-state index < -0.39 is 11.9 Å². The molecule has 3 N–H and O–H groups in total. The molecule has 0 unspecified atom stereocenters. The Morgan fingerprint density at radius 3 is 2.76 bits per heavy atom. The van der Waals surface area contributed by atoms with Crippen LogP contribution in [0, 0.1) is 0 Å². The van der Waals surface area contributed by atoms with E-state index in [0.29, 0.717) is 18.0 Å². The molecule has 17 heavy (non-hydrogen) atoms. The molecule has 0 aromatic carbocycles. The molecule has 6 nitrogen and oxygen atoms in total. The van der Waals surface area contributed by atoms with E-state index in [4.69, 9.17) is 22.7 Å². The van der Waals surface area contributed by atoms with Crippen molar-refractivity contribution in [3.05, 3.63) is 18.0 Å². The van der Waals surface area contributed by atoms with E-state index in [-0.39, 0.29) is 4.99 Å². The van der Waals surface area contributed by atoms with Crippen LogP contribution in [0.1, 0.15) is 17.4 Å². The summed E-state index contributed by atoms with van der Waals surface area (Å²) in [4.78, 5) is 22.1. The molecule has 1 aromatic rings. The first-order valence-electron chi connectivity index (χ1n) is 4.90. The van der Waals surface area contributed by atoms with Crippen molar-refractivity contribution < 1.29 is 14.3 Å². The number of carbonyl (C=O) groups excluding carboxylic acids is 2. The molecule has 1 amide bonds. The third-order valence-electron chi connectivity index (χ3n) is 1.97. The fraction of sp³-hybridized carbons (Fsp3) is 0.300. The van der Waals surface area contributed by atoms with Gasteiger partial charge in [-0.05, 0) is 13.0 Å². The Labute approximate surface area is 104 Å². The first kappa shape index (κ1) is 13.2. The highest BCUT2D eigenvalue weighted by molar-refractivity contribution is 7.82. The van der Waals surface area contributed by atoms with Crippen LogP contribution in [0.25, 0.3) is 0 Å². The van der Waals surface area contributed by atoms with Crippen molar-refractivity contribution >= 4 is 34.8 Å². The molecule has 0 saturated heterocycles. The Kier molecular flexibility index (Phi) is 4.22. The number of aromatic nitrogens is 1. The van der Waals surface area contributed by atoms with Crippen LogP contribution in [0.15, 0.2) is 12.3 Å². The Morgan fingerprint density at radius 2 is 2.24 bits per heavy atom. The third-order valence-corrected chi connectivity index (χ3v) is 2.27. The zero-order valence-electron chi connectivity index (χ0n) is 9.52. The van der Waals surface area contributed by atoms with Gasteiger partial charge in [0.25, 0.3) is 5.91 Å². The number of carbonyl (C=O) groups is 2. The number of aryl methyl sites for hydroxylation is 1. The number of ether oxygens (including phenoxy) is 1. The molecule has 0 fully saturated rings. The SMILES string of the molecule is CCOC(=O)c1cc(NC(=S)C(N)=O)cn1C. The number of anilines is 1. The normalized spacial score (nSPS) is 9.76. The molecule has 0 radical (unpaired) electrons. The van der Waals surface area contributed by atoms with Crippen LogP contribution in [0.3, 0.4) is 0 Å². The van der Waals surface area contributed by atoms with Crippen LogP contribution in [0.2, 0.25) is 0 Å². The zero-order valence-corrected chi connectivity index (χ0v) is 10.3. The highest BCUT2D eigenvalue weighted by Gasteiger charge is 2.14. The quantitative estimate of drug-likeness (QED) is 0.604. The maximum atomic E-state index is 11.5. The van der Waals surface area contributed by atoms with Gasteiger partial charge >= 0.3 is 5.97 Å². The van der Waals surface area contributed by atoms with Crippen molar-refractivity contribution in [3.63, 3.8) is 0 Å². The zero-order chi connectivity index (χ0) is 13.0. The van der Waals surface area contributed by atoms with Gasteiger partial charge < -0.3 is 20.4 Å². The van der Waals surface area contributed by atoms with E-state index >= 15 is 0 Å². The number of nitrogens with zero attached hydrogens (tertiary/aromatic N) is 1. The summed E-state index contributed by atoms with van der Waals surface area (Å²) in [6.07, 6.45) is 1.61.